The van der Waals surface area contributed by atoms with Crippen molar-refractivity contribution in [1.82, 2.24) is 24.8 Å². The van der Waals surface area contributed by atoms with Crippen LogP contribution in [0.5, 0.6) is 23.3 Å². The maximum absolute atomic E-state index is 18.0. The average Bonchev–Trinajstić information content (AvgIpc) is 3.46. The van der Waals surface area contributed by atoms with Crippen LogP contribution in [0.25, 0.3) is 22.2 Å². The number of methoxy groups -OCH3 is 2. The van der Waals surface area contributed by atoms with Crippen molar-refractivity contribution in [3.63, 3.8) is 0 Å². The second-order valence-electron chi connectivity index (χ2n) is 16.7. The fraction of sp³-hybridized carbons (Fsp3) is 0.354. The zero-order chi connectivity index (χ0) is 47.9. The number of rotatable bonds is 14. The Balaban J connectivity index is 1.23. The molecule has 68 heavy (non-hydrogen) atoms. The highest BCUT2D eigenvalue weighted by molar-refractivity contribution is 6.36. The van der Waals surface area contributed by atoms with Crippen molar-refractivity contribution in [3.8, 4) is 34.5 Å². The number of alkyl halides is 3. The zero-order valence-electron chi connectivity index (χ0n) is 37.4. The Morgan fingerprint density at radius 1 is 1.00 bits per heavy atom. The summed E-state index contributed by atoms with van der Waals surface area (Å²) in [6.45, 7) is 5.53. The van der Waals surface area contributed by atoms with Crippen LogP contribution < -0.4 is 34.1 Å². The number of anilines is 3. The number of hydrogen-bond acceptors (Lipinski definition) is 13. The molecule has 3 aliphatic heterocycles. The Bertz CT molecular complexity index is 2790. The Hall–Kier alpha value is -6.70. The third kappa shape index (κ3) is 9.29. The first-order valence-electron chi connectivity index (χ1n) is 21.9. The van der Waals surface area contributed by atoms with Crippen molar-refractivity contribution in [2.45, 2.75) is 57.7 Å². The first kappa shape index (κ1) is 46.4. The van der Waals surface area contributed by atoms with E-state index in [2.05, 4.69) is 25.2 Å². The van der Waals surface area contributed by atoms with Gasteiger partial charge in [0, 0.05) is 44.0 Å². The number of pyridine rings is 2. The van der Waals surface area contributed by atoms with Crippen LogP contribution in [0.3, 0.4) is 0 Å². The molecule has 2 fully saturated rings. The summed E-state index contributed by atoms with van der Waals surface area (Å²) < 4.78 is 93.7. The lowest BCUT2D eigenvalue weighted by Crippen LogP contribution is -2.39. The van der Waals surface area contributed by atoms with Gasteiger partial charge in [-0.05, 0) is 73.4 Å². The second-order valence-corrected chi connectivity index (χ2v) is 17.1. The summed E-state index contributed by atoms with van der Waals surface area (Å²) in [6.07, 6.45) is -4.21. The van der Waals surface area contributed by atoms with Crippen LogP contribution in [-0.2, 0) is 24.0 Å². The van der Waals surface area contributed by atoms with Crippen LogP contribution in [0.4, 0.5) is 39.8 Å². The standard InChI is InChI=1S/C48H47ClF4N8O7/c1-26-20-35(60(22-28-7-11-31(64-3)12-8-28)23-29-9-13-32(65-4)14-10-29)55-41(38(26)48(51,52)53)36-39(49)43-37-42(40(36)50)56-46(68-25-30-21-33-24-59(30)16-18-66-33)58-45(37)61(17-19-67-43)27(2)34-6-5-15-54-44(34)57-47(62)63/h5-15,20,27,30,33H,16-19,21-25H2,1-4H3,(H,54,57)(H,62,63)/t27-,30+,33-/m1/s1. The van der Waals surface area contributed by atoms with Gasteiger partial charge >= 0.3 is 18.3 Å². The van der Waals surface area contributed by atoms with Gasteiger partial charge in [0.2, 0.25) is 0 Å². The molecule has 15 nitrogen and oxygen atoms in total. The molecular formula is C48H47ClF4N8O7. The summed E-state index contributed by atoms with van der Waals surface area (Å²) in [6, 6.07) is 18.1. The van der Waals surface area contributed by atoms with E-state index in [-0.39, 0.29) is 85.2 Å². The Kier molecular flexibility index (Phi) is 13.1. The van der Waals surface area contributed by atoms with E-state index in [4.69, 9.17) is 40.3 Å². The fourth-order valence-corrected chi connectivity index (χ4v) is 9.52. The molecule has 3 aromatic heterocycles. The summed E-state index contributed by atoms with van der Waals surface area (Å²) >= 11 is 7.18. The summed E-state index contributed by atoms with van der Waals surface area (Å²) in [5.74, 6) is 0.113. The number of ether oxygens (including phenoxy) is 5. The molecule has 0 unspecified atom stereocenters. The quantitative estimate of drug-likeness (QED) is 0.0996. The molecule has 3 aliphatic rings. The zero-order valence-corrected chi connectivity index (χ0v) is 38.2. The van der Waals surface area contributed by atoms with Crippen molar-refractivity contribution in [1.29, 1.82) is 0 Å². The Morgan fingerprint density at radius 2 is 1.69 bits per heavy atom. The van der Waals surface area contributed by atoms with Crippen LogP contribution in [-0.4, -0.2) is 102 Å². The molecule has 1 amide bonds. The van der Waals surface area contributed by atoms with Crippen molar-refractivity contribution in [2.75, 3.05) is 68.8 Å². The van der Waals surface area contributed by atoms with Crippen LogP contribution in [0.1, 0.15) is 47.2 Å². The molecule has 4 atom stereocenters. The number of carbonyl (C=O) groups is 1. The molecule has 6 heterocycles. The van der Waals surface area contributed by atoms with E-state index in [0.717, 1.165) is 17.7 Å². The lowest BCUT2D eigenvalue weighted by atomic mass is 9.98. The number of carboxylic acid groups (broad SMARTS) is 1. The molecule has 0 spiro atoms. The third-order valence-corrected chi connectivity index (χ3v) is 12.9. The molecule has 0 radical (unpaired) electrons. The molecule has 2 saturated heterocycles. The number of nitrogens with zero attached hydrogens (tertiary/aromatic N) is 7. The largest absolute Gasteiger partial charge is 0.497 e. The van der Waals surface area contributed by atoms with Gasteiger partial charge in [-0.2, -0.15) is 23.1 Å². The Labute approximate surface area is 393 Å². The number of aryl methyl sites for hydroxylation is 1. The number of aromatic nitrogens is 4. The normalized spacial score (nSPS) is 18.1. The molecule has 0 aliphatic carbocycles. The molecule has 356 valence electrons. The van der Waals surface area contributed by atoms with Gasteiger partial charge in [-0.3, -0.25) is 10.2 Å². The van der Waals surface area contributed by atoms with Gasteiger partial charge in [0.05, 0.1) is 66.7 Å². The fourth-order valence-electron chi connectivity index (χ4n) is 9.20. The smallest absolute Gasteiger partial charge is 0.418 e. The highest BCUT2D eigenvalue weighted by Gasteiger charge is 2.41. The number of morpholine rings is 1. The SMILES string of the molecule is COc1ccc(CN(Cc2ccc(OC)cc2)c2cc(C)c(C(F)(F)F)c(-c3c(Cl)c4c5c(nc(OC[C@@H]6C[C@@H]7C[N@@]6CCO7)nc5c3F)N([C@H](C)c3cccnc3NC(=O)O)CCO4)n2)cc1. The summed E-state index contributed by atoms with van der Waals surface area (Å²) in [5, 5.41) is 11.5. The monoisotopic (exact) mass is 958 g/mol. The maximum Gasteiger partial charge on any atom is 0.418 e. The minimum Gasteiger partial charge on any atom is -0.497 e. The number of amides is 1. The number of nitrogens with one attached hydrogen (secondary N) is 1. The van der Waals surface area contributed by atoms with Crippen molar-refractivity contribution >= 4 is 46.1 Å². The molecule has 2 N–H and O–H groups in total. The van der Waals surface area contributed by atoms with E-state index < -0.39 is 51.5 Å². The Morgan fingerprint density at radius 3 is 2.32 bits per heavy atom. The van der Waals surface area contributed by atoms with Gasteiger partial charge in [0.25, 0.3) is 0 Å². The highest BCUT2D eigenvalue weighted by atomic mass is 35.5. The molecule has 9 rings (SSSR count). The van der Waals surface area contributed by atoms with E-state index >= 15 is 17.6 Å². The van der Waals surface area contributed by atoms with Crippen LogP contribution in [0, 0.1) is 12.7 Å². The number of hydrogen-bond donors (Lipinski definition) is 2. The minimum absolute atomic E-state index is 0.0273. The van der Waals surface area contributed by atoms with Gasteiger partial charge in [-0.1, -0.05) is 41.9 Å². The van der Waals surface area contributed by atoms with E-state index in [0.29, 0.717) is 36.6 Å². The van der Waals surface area contributed by atoms with Crippen LogP contribution >= 0.6 is 11.6 Å². The van der Waals surface area contributed by atoms with Crippen molar-refractivity contribution < 1.29 is 51.1 Å². The van der Waals surface area contributed by atoms with E-state index in [9.17, 15) is 9.90 Å². The molecule has 3 aromatic carbocycles. The van der Waals surface area contributed by atoms with E-state index in [1.807, 2.05) is 24.3 Å². The first-order valence-corrected chi connectivity index (χ1v) is 22.2. The first-order chi connectivity index (χ1) is 32.7. The number of halogens is 5. The van der Waals surface area contributed by atoms with E-state index in [1.54, 1.807) is 67.3 Å². The van der Waals surface area contributed by atoms with Gasteiger partial charge in [-0.25, -0.2) is 19.2 Å². The van der Waals surface area contributed by atoms with Gasteiger partial charge in [0.1, 0.15) is 47.7 Å². The lowest BCUT2D eigenvalue weighted by molar-refractivity contribution is -0.137. The van der Waals surface area contributed by atoms with Crippen molar-refractivity contribution in [3.05, 3.63) is 112 Å². The summed E-state index contributed by atoms with van der Waals surface area (Å²) in [5.41, 5.74) is -1.26. The van der Waals surface area contributed by atoms with Gasteiger partial charge < -0.3 is 38.6 Å². The number of fused-ring (bicyclic) bond motifs is 2. The van der Waals surface area contributed by atoms with E-state index in [1.165, 1.54) is 19.2 Å². The highest BCUT2D eigenvalue weighted by Crippen LogP contribution is 2.51. The predicted octanol–water partition coefficient (Wildman–Crippen LogP) is 9.33. The molecule has 6 aromatic rings. The summed E-state index contributed by atoms with van der Waals surface area (Å²) in [7, 11) is 3.09. The molecule has 20 heteroatoms. The van der Waals surface area contributed by atoms with Gasteiger partial charge in [0.15, 0.2) is 11.6 Å². The van der Waals surface area contributed by atoms with Crippen LogP contribution in [0.2, 0.25) is 5.02 Å². The van der Waals surface area contributed by atoms with Gasteiger partial charge in [-0.15, -0.1) is 0 Å². The lowest BCUT2D eigenvalue weighted by Gasteiger charge is -2.31. The predicted molar refractivity (Wildman–Crippen MR) is 246 cm³/mol. The third-order valence-electron chi connectivity index (χ3n) is 12.5. The second kappa shape index (κ2) is 19.1. The summed E-state index contributed by atoms with van der Waals surface area (Å²) in [4.78, 5) is 35.9. The molecule has 2 bridgehead atoms. The maximum atomic E-state index is 18.0. The average molecular weight is 959 g/mol. The van der Waals surface area contributed by atoms with Crippen LogP contribution in [0.15, 0.2) is 72.9 Å². The van der Waals surface area contributed by atoms with Crippen molar-refractivity contribution in [2.24, 2.45) is 0 Å². The topological polar surface area (TPSA) is 157 Å². The minimum atomic E-state index is -5.03. The molecule has 0 saturated carbocycles. The molecular weight excluding hydrogens is 912 g/mol. The number of benzene rings is 3.